The number of nitrogens with two attached hydrogens (primary N) is 1. The molecule has 1 aliphatic rings. The van der Waals surface area contributed by atoms with E-state index in [2.05, 4.69) is 5.32 Å². The maximum Gasteiger partial charge on any atom is 0.227 e. The third kappa shape index (κ3) is 3.28. The SMILES string of the molecule is CC(Cc1ccc(Cl)cc1)NC(=O)C1(CN)CCC1. The molecule has 1 aliphatic carbocycles. The highest BCUT2D eigenvalue weighted by Crippen LogP contribution is 2.40. The molecule has 1 saturated carbocycles. The van der Waals surface area contributed by atoms with E-state index in [0.29, 0.717) is 6.54 Å². The van der Waals surface area contributed by atoms with E-state index in [1.54, 1.807) is 0 Å². The zero-order chi connectivity index (χ0) is 13.9. The van der Waals surface area contributed by atoms with Crippen molar-refractivity contribution in [2.75, 3.05) is 6.54 Å². The maximum atomic E-state index is 12.2. The topological polar surface area (TPSA) is 55.1 Å². The molecule has 3 nitrogen and oxygen atoms in total. The second kappa shape index (κ2) is 5.93. The molecule has 0 bridgehead atoms. The van der Waals surface area contributed by atoms with Gasteiger partial charge in [0.2, 0.25) is 5.91 Å². The number of hydrogen-bond acceptors (Lipinski definition) is 2. The molecular weight excluding hydrogens is 260 g/mol. The average Bonchev–Trinajstić information content (AvgIpc) is 2.31. The van der Waals surface area contributed by atoms with Gasteiger partial charge in [-0.25, -0.2) is 0 Å². The van der Waals surface area contributed by atoms with Crippen molar-refractivity contribution in [3.63, 3.8) is 0 Å². The summed E-state index contributed by atoms with van der Waals surface area (Å²) in [5.74, 6) is 0.114. The lowest BCUT2D eigenvalue weighted by Crippen LogP contribution is -2.52. The molecule has 0 aliphatic heterocycles. The van der Waals surface area contributed by atoms with Crippen molar-refractivity contribution >= 4 is 17.5 Å². The molecule has 3 N–H and O–H groups in total. The largest absolute Gasteiger partial charge is 0.353 e. The summed E-state index contributed by atoms with van der Waals surface area (Å²) < 4.78 is 0. The molecule has 1 fully saturated rings. The van der Waals surface area contributed by atoms with Gasteiger partial charge in [0.15, 0.2) is 0 Å². The molecule has 0 spiro atoms. The number of amides is 1. The van der Waals surface area contributed by atoms with E-state index in [4.69, 9.17) is 17.3 Å². The van der Waals surface area contributed by atoms with E-state index in [1.807, 2.05) is 31.2 Å². The minimum atomic E-state index is -0.297. The summed E-state index contributed by atoms with van der Waals surface area (Å²) in [6, 6.07) is 7.84. The van der Waals surface area contributed by atoms with Gasteiger partial charge < -0.3 is 11.1 Å². The smallest absolute Gasteiger partial charge is 0.227 e. The van der Waals surface area contributed by atoms with Gasteiger partial charge in [0.1, 0.15) is 0 Å². The van der Waals surface area contributed by atoms with Gasteiger partial charge in [-0.05, 0) is 43.9 Å². The van der Waals surface area contributed by atoms with Crippen molar-refractivity contribution < 1.29 is 4.79 Å². The van der Waals surface area contributed by atoms with Crippen molar-refractivity contribution in [3.05, 3.63) is 34.9 Å². The monoisotopic (exact) mass is 280 g/mol. The Labute approximate surface area is 119 Å². The quantitative estimate of drug-likeness (QED) is 0.871. The molecule has 0 heterocycles. The predicted molar refractivity (Wildman–Crippen MR) is 78.1 cm³/mol. The molecule has 4 heteroatoms. The van der Waals surface area contributed by atoms with Gasteiger partial charge in [-0.15, -0.1) is 0 Å². The van der Waals surface area contributed by atoms with E-state index < -0.39 is 0 Å². The summed E-state index contributed by atoms with van der Waals surface area (Å²) in [6.07, 6.45) is 3.76. The van der Waals surface area contributed by atoms with Crippen LogP contribution in [0.25, 0.3) is 0 Å². The van der Waals surface area contributed by atoms with Crippen LogP contribution in [0.5, 0.6) is 0 Å². The molecule has 0 radical (unpaired) electrons. The Morgan fingerprint density at radius 2 is 2.05 bits per heavy atom. The number of carbonyl (C=O) groups is 1. The minimum Gasteiger partial charge on any atom is -0.353 e. The molecule has 19 heavy (non-hydrogen) atoms. The van der Waals surface area contributed by atoms with Crippen LogP contribution in [-0.4, -0.2) is 18.5 Å². The lowest BCUT2D eigenvalue weighted by molar-refractivity contribution is -0.135. The number of nitrogens with one attached hydrogen (secondary N) is 1. The van der Waals surface area contributed by atoms with Crippen LogP contribution in [-0.2, 0) is 11.2 Å². The van der Waals surface area contributed by atoms with Crippen molar-refractivity contribution in [3.8, 4) is 0 Å². The molecule has 1 amide bonds. The molecule has 0 saturated heterocycles. The molecule has 1 aromatic carbocycles. The van der Waals surface area contributed by atoms with Crippen molar-refractivity contribution in [2.45, 2.75) is 38.6 Å². The summed E-state index contributed by atoms with van der Waals surface area (Å²) >= 11 is 5.85. The van der Waals surface area contributed by atoms with Crippen LogP contribution in [0, 0.1) is 5.41 Å². The summed E-state index contributed by atoms with van der Waals surface area (Å²) in [7, 11) is 0. The first kappa shape index (κ1) is 14.4. The standard InChI is InChI=1S/C15H21ClN2O/c1-11(9-12-3-5-13(16)6-4-12)18-14(19)15(10-17)7-2-8-15/h3-6,11H,2,7-10,17H2,1H3,(H,18,19). The highest BCUT2D eigenvalue weighted by molar-refractivity contribution is 6.30. The second-order valence-electron chi connectivity index (χ2n) is 5.54. The van der Waals surface area contributed by atoms with Crippen LogP contribution < -0.4 is 11.1 Å². The lowest BCUT2D eigenvalue weighted by atomic mass is 9.68. The van der Waals surface area contributed by atoms with E-state index in [9.17, 15) is 4.79 Å². The van der Waals surface area contributed by atoms with Crippen LogP contribution >= 0.6 is 11.6 Å². The van der Waals surface area contributed by atoms with E-state index >= 15 is 0 Å². The average molecular weight is 281 g/mol. The Bertz CT molecular complexity index is 434. The molecule has 1 atom stereocenters. The van der Waals surface area contributed by atoms with Gasteiger partial charge in [0.05, 0.1) is 5.41 Å². The van der Waals surface area contributed by atoms with Crippen LogP contribution in [0.3, 0.4) is 0 Å². The number of carbonyl (C=O) groups excluding carboxylic acids is 1. The number of rotatable bonds is 5. The fourth-order valence-electron chi connectivity index (χ4n) is 2.53. The third-order valence-electron chi connectivity index (χ3n) is 4.02. The fraction of sp³-hybridized carbons (Fsp3) is 0.533. The Hall–Kier alpha value is -1.06. The van der Waals surface area contributed by atoms with Gasteiger partial charge in [0.25, 0.3) is 0 Å². The summed E-state index contributed by atoms with van der Waals surface area (Å²) in [6.45, 7) is 2.47. The van der Waals surface area contributed by atoms with Crippen molar-refractivity contribution in [1.82, 2.24) is 5.32 Å². The van der Waals surface area contributed by atoms with Gasteiger partial charge >= 0.3 is 0 Å². The highest BCUT2D eigenvalue weighted by atomic mass is 35.5. The maximum absolute atomic E-state index is 12.2. The van der Waals surface area contributed by atoms with Crippen LogP contribution in [0.1, 0.15) is 31.7 Å². The van der Waals surface area contributed by atoms with Crippen molar-refractivity contribution in [1.29, 1.82) is 0 Å². The minimum absolute atomic E-state index is 0.109. The second-order valence-corrected chi connectivity index (χ2v) is 5.98. The number of hydrogen-bond donors (Lipinski definition) is 2. The zero-order valence-electron chi connectivity index (χ0n) is 11.3. The Morgan fingerprint density at radius 3 is 2.53 bits per heavy atom. The predicted octanol–water partition coefficient (Wildman–Crippen LogP) is 2.52. The first-order valence-corrected chi connectivity index (χ1v) is 7.19. The summed E-state index contributed by atoms with van der Waals surface area (Å²) in [4.78, 5) is 12.2. The van der Waals surface area contributed by atoms with Gasteiger partial charge in [-0.3, -0.25) is 4.79 Å². The molecule has 104 valence electrons. The van der Waals surface area contributed by atoms with Gasteiger partial charge in [-0.2, -0.15) is 0 Å². The number of benzene rings is 1. The van der Waals surface area contributed by atoms with Crippen LogP contribution in [0.4, 0.5) is 0 Å². The summed E-state index contributed by atoms with van der Waals surface area (Å²) in [5, 5.41) is 3.82. The fourth-order valence-corrected chi connectivity index (χ4v) is 2.66. The first-order valence-electron chi connectivity index (χ1n) is 6.81. The summed E-state index contributed by atoms with van der Waals surface area (Å²) in [5.41, 5.74) is 6.62. The molecule has 1 unspecified atom stereocenters. The normalized spacial score (nSPS) is 18.5. The van der Waals surface area contributed by atoms with E-state index in [-0.39, 0.29) is 17.4 Å². The van der Waals surface area contributed by atoms with E-state index in [0.717, 1.165) is 30.7 Å². The van der Waals surface area contributed by atoms with E-state index in [1.165, 1.54) is 5.56 Å². The Morgan fingerprint density at radius 1 is 1.42 bits per heavy atom. The van der Waals surface area contributed by atoms with Gasteiger partial charge in [0, 0.05) is 17.6 Å². The first-order chi connectivity index (χ1) is 9.05. The molecule has 2 rings (SSSR count). The Kier molecular flexibility index (Phi) is 4.48. The molecule has 1 aromatic rings. The number of halogens is 1. The Balaban J connectivity index is 1.89. The molecular formula is C15H21ClN2O. The van der Waals surface area contributed by atoms with Gasteiger partial charge in [-0.1, -0.05) is 30.2 Å². The highest BCUT2D eigenvalue weighted by Gasteiger charge is 2.42. The van der Waals surface area contributed by atoms with Crippen LogP contribution in [0.15, 0.2) is 24.3 Å². The molecule has 0 aromatic heterocycles. The van der Waals surface area contributed by atoms with Crippen molar-refractivity contribution in [2.24, 2.45) is 11.1 Å². The zero-order valence-corrected chi connectivity index (χ0v) is 12.0. The van der Waals surface area contributed by atoms with Crippen LogP contribution in [0.2, 0.25) is 5.02 Å². The third-order valence-corrected chi connectivity index (χ3v) is 4.27. The lowest BCUT2D eigenvalue weighted by Gasteiger charge is -2.39.